The Bertz CT molecular complexity index is 609. The first-order valence-electron chi connectivity index (χ1n) is 7.49. The Hall–Kier alpha value is -1.06. The van der Waals surface area contributed by atoms with E-state index in [1.165, 1.54) is 5.82 Å². The van der Waals surface area contributed by atoms with Crippen LogP contribution >= 0.6 is 11.6 Å². The third kappa shape index (κ3) is 2.45. The summed E-state index contributed by atoms with van der Waals surface area (Å²) in [5.74, 6) is 1.74. The summed E-state index contributed by atoms with van der Waals surface area (Å²) in [5.41, 5.74) is 8.22. The number of hydrogen-bond acceptors (Lipinski definition) is 2. The first-order valence-corrected chi connectivity index (χ1v) is 7.87. The minimum atomic E-state index is 0.373. The Morgan fingerprint density at radius 3 is 2.60 bits per heavy atom. The summed E-state index contributed by atoms with van der Waals surface area (Å²) in [4.78, 5) is 4.89. The summed E-state index contributed by atoms with van der Waals surface area (Å²) < 4.78 is 2.35. The van der Waals surface area contributed by atoms with Crippen LogP contribution in [0.15, 0.2) is 18.2 Å². The molecule has 2 aromatic rings. The zero-order chi connectivity index (χ0) is 14.3. The predicted molar refractivity (Wildman–Crippen MR) is 84.3 cm³/mol. The molecule has 0 radical (unpaired) electrons. The number of nitrogens with zero attached hydrogens (tertiary/aromatic N) is 2. The van der Waals surface area contributed by atoms with Gasteiger partial charge >= 0.3 is 0 Å². The van der Waals surface area contributed by atoms with Crippen LogP contribution in [0.25, 0.3) is 11.0 Å². The molecule has 0 spiro atoms. The van der Waals surface area contributed by atoms with E-state index in [1.807, 2.05) is 18.2 Å². The van der Waals surface area contributed by atoms with Crippen molar-refractivity contribution >= 4 is 22.6 Å². The molecule has 20 heavy (non-hydrogen) atoms. The number of imidazole rings is 1. The van der Waals surface area contributed by atoms with Gasteiger partial charge in [0, 0.05) is 23.0 Å². The highest BCUT2D eigenvalue weighted by molar-refractivity contribution is 6.31. The molecule has 0 bridgehead atoms. The molecular formula is C16H22ClN3. The summed E-state index contributed by atoms with van der Waals surface area (Å²) in [6.45, 7) is 4.42. The second-order valence-corrected chi connectivity index (χ2v) is 6.61. The third-order valence-electron chi connectivity index (χ3n) is 4.33. The molecule has 108 valence electrons. The summed E-state index contributed by atoms with van der Waals surface area (Å²) in [5, 5.41) is 0.775. The van der Waals surface area contributed by atoms with Crippen LogP contribution < -0.4 is 5.73 Å². The monoisotopic (exact) mass is 291 g/mol. The third-order valence-corrected chi connectivity index (χ3v) is 4.57. The highest BCUT2D eigenvalue weighted by atomic mass is 35.5. The van der Waals surface area contributed by atoms with E-state index in [0.717, 1.165) is 41.7 Å². The second-order valence-electron chi connectivity index (χ2n) is 6.18. The number of nitrogens with two attached hydrogens (primary N) is 1. The zero-order valence-electron chi connectivity index (χ0n) is 12.1. The first-order chi connectivity index (χ1) is 9.56. The molecule has 4 heteroatoms. The zero-order valence-corrected chi connectivity index (χ0v) is 12.9. The van der Waals surface area contributed by atoms with Crippen molar-refractivity contribution in [3.8, 4) is 0 Å². The minimum Gasteiger partial charge on any atom is -0.328 e. The molecule has 0 aliphatic heterocycles. The molecule has 2 N–H and O–H groups in total. The van der Waals surface area contributed by atoms with Gasteiger partial charge in [-0.2, -0.15) is 0 Å². The highest BCUT2D eigenvalue weighted by Crippen LogP contribution is 2.35. The van der Waals surface area contributed by atoms with Gasteiger partial charge in [-0.25, -0.2) is 4.98 Å². The van der Waals surface area contributed by atoms with Crippen LogP contribution in [-0.4, -0.2) is 15.6 Å². The Morgan fingerprint density at radius 1 is 1.25 bits per heavy atom. The van der Waals surface area contributed by atoms with E-state index in [-0.39, 0.29) is 0 Å². The van der Waals surface area contributed by atoms with Crippen molar-refractivity contribution in [2.75, 3.05) is 0 Å². The van der Waals surface area contributed by atoms with E-state index in [1.54, 1.807) is 0 Å². The molecule has 0 amide bonds. The van der Waals surface area contributed by atoms with Crippen molar-refractivity contribution in [3.63, 3.8) is 0 Å². The normalized spacial score (nSPS) is 23.6. The highest BCUT2D eigenvalue weighted by Gasteiger charge is 2.26. The van der Waals surface area contributed by atoms with Gasteiger partial charge < -0.3 is 10.3 Å². The Morgan fingerprint density at radius 2 is 1.95 bits per heavy atom. The lowest BCUT2D eigenvalue weighted by Crippen LogP contribution is -2.27. The Kier molecular flexibility index (Phi) is 3.74. The van der Waals surface area contributed by atoms with Gasteiger partial charge in [-0.3, -0.25) is 0 Å². The molecule has 1 fully saturated rings. The number of halogens is 1. The van der Waals surface area contributed by atoms with E-state index in [0.29, 0.717) is 18.0 Å². The first kappa shape index (κ1) is 13.9. The number of rotatable bonds is 2. The molecule has 1 aromatic carbocycles. The van der Waals surface area contributed by atoms with Crippen LogP contribution in [0.2, 0.25) is 5.02 Å². The summed E-state index contributed by atoms with van der Waals surface area (Å²) in [6.07, 6.45) is 4.50. The number of fused-ring (bicyclic) bond motifs is 1. The largest absolute Gasteiger partial charge is 0.328 e. The average Bonchev–Trinajstić information content (AvgIpc) is 2.78. The number of hydrogen-bond donors (Lipinski definition) is 1. The van der Waals surface area contributed by atoms with Crippen LogP contribution in [0, 0.1) is 0 Å². The van der Waals surface area contributed by atoms with Crippen LogP contribution in [0.3, 0.4) is 0 Å². The molecule has 0 unspecified atom stereocenters. The maximum atomic E-state index is 6.15. The lowest BCUT2D eigenvalue weighted by atomic mass is 9.86. The van der Waals surface area contributed by atoms with E-state index in [9.17, 15) is 0 Å². The van der Waals surface area contributed by atoms with Crippen LogP contribution in [-0.2, 0) is 0 Å². The molecule has 1 aliphatic carbocycles. The van der Waals surface area contributed by atoms with E-state index < -0.39 is 0 Å². The Labute approximate surface area is 125 Å². The number of aromatic nitrogens is 2. The molecule has 3 rings (SSSR count). The van der Waals surface area contributed by atoms with E-state index in [4.69, 9.17) is 22.3 Å². The number of benzene rings is 1. The molecule has 0 atom stereocenters. The standard InChI is InChI=1S/C16H22ClN3/c1-10(2)20-15-9-12(17)5-8-14(15)19-16(20)11-3-6-13(18)7-4-11/h5,8-11,13H,3-4,6-7,18H2,1-2H3. The van der Waals surface area contributed by atoms with Gasteiger partial charge in [0.1, 0.15) is 5.82 Å². The van der Waals surface area contributed by atoms with Crippen molar-refractivity contribution in [3.05, 3.63) is 29.0 Å². The fourth-order valence-corrected chi connectivity index (χ4v) is 3.46. The van der Waals surface area contributed by atoms with Gasteiger partial charge in [0.05, 0.1) is 11.0 Å². The van der Waals surface area contributed by atoms with Crippen LogP contribution in [0.1, 0.15) is 57.3 Å². The van der Waals surface area contributed by atoms with E-state index >= 15 is 0 Å². The van der Waals surface area contributed by atoms with Gasteiger partial charge in [-0.15, -0.1) is 0 Å². The molecular weight excluding hydrogens is 270 g/mol. The SMILES string of the molecule is CC(C)n1c(C2CCC(N)CC2)nc2ccc(Cl)cc21. The van der Waals surface area contributed by atoms with Gasteiger partial charge in [0.15, 0.2) is 0 Å². The summed E-state index contributed by atoms with van der Waals surface area (Å²) >= 11 is 6.15. The lowest BCUT2D eigenvalue weighted by Gasteiger charge is -2.27. The maximum Gasteiger partial charge on any atom is 0.113 e. The quantitative estimate of drug-likeness (QED) is 0.898. The molecule has 1 heterocycles. The Balaban J connectivity index is 2.07. The van der Waals surface area contributed by atoms with Gasteiger partial charge in [-0.1, -0.05) is 11.6 Å². The lowest BCUT2D eigenvalue weighted by molar-refractivity contribution is 0.372. The summed E-state index contributed by atoms with van der Waals surface area (Å²) in [6, 6.07) is 6.74. The maximum absolute atomic E-state index is 6.15. The fourth-order valence-electron chi connectivity index (χ4n) is 3.29. The molecule has 3 nitrogen and oxygen atoms in total. The smallest absolute Gasteiger partial charge is 0.113 e. The van der Waals surface area contributed by atoms with Crippen molar-refractivity contribution in [2.45, 2.75) is 57.5 Å². The molecule has 1 aromatic heterocycles. The van der Waals surface area contributed by atoms with Crippen molar-refractivity contribution in [1.29, 1.82) is 0 Å². The van der Waals surface area contributed by atoms with Gasteiger partial charge in [-0.05, 0) is 57.7 Å². The average molecular weight is 292 g/mol. The molecule has 1 saturated carbocycles. The minimum absolute atomic E-state index is 0.373. The van der Waals surface area contributed by atoms with Gasteiger partial charge in [0.25, 0.3) is 0 Å². The van der Waals surface area contributed by atoms with Crippen molar-refractivity contribution in [1.82, 2.24) is 9.55 Å². The summed E-state index contributed by atoms with van der Waals surface area (Å²) in [7, 11) is 0. The topological polar surface area (TPSA) is 43.8 Å². The second kappa shape index (κ2) is 5.38. The van der Waals surface area contributed by atoms with Crippen LogP contribution in [0.5, 0.6) is 0 Å². The van der Waals surface area contributed by atoms with Crippen molar-refractivity contribution < 1.29 is 0 Å². The van der Waals surface area contributed by atoms with Crippen LogP contribution in [0.4, 0.5) is 0 Å². The fraction of sp³-hybridized carbons (Fsp3) is 0.562. The molecule has 1 aliphatic rings. The van der Waals surface area contributed by atoms with Crippen molar-refractivity contribution in [2.24, 2.45) is 5.73 Å². The predicted octanol–water partition coefficient (Wildman–Crippen LogP) is 4.26. The van der Waals surface area contributed by atoms with E-state index in [2.05, 4.69) is 18.4 Å². The van der Waals surface area contributed by atoms with Gasteiger partial charge in [0.2, 0.25) is 0 Å². The molecule has 0 saturated heterocycles.